The van der Waals surface area contributed by atoms with Crippen LogP contribution in [0.1, 0.15) is 91.5 Å². The van der Waals surface area contributed by atoms with Gasteiger partial charge in [0.15, 0.2) is 0 Å². The molecular formula is C53H61FN2O7. The van der Waals surface area contributed by atoms with Gasteiger partial charge in [-0.15, -0.1) is 6.58 Å². The third-order valence-corrected chi connectivity index (χ3v) is 13.5. The first-order valence-corrected chi connectivity index (χ1v) is 22.8. The molecule has 1 aliphatic heterocycles. The number of hydrogen-bond acceptors (Lipinski definition) is 8. The van der Waals surface area contributed by atoms with Crippen molar-refractivity contribution in [1.82, 2.24) is 4.90 Å². The minimum Gasteiger partial charge on any atom is -0.459 e. The number of aliphatic hydroxyl groups excluding tert-OH is 2. The summed E-state index contributed by atoms with van der Waals surface area (Å²) in [6.07, 6.45) is 10.6. The summed E-state index contributed by atoms with van der Waals surface area (Å²) in [5, 5.41) is 25.0. The molecule has 0 radical (unpaired) electrons. The van der Waals surface area contributed by atoms with Gasteiger partial charge in [-0.3, -0.25) is 4.79 Å². The molecule has 0 saturated heterocycles. The second-order valence-electron chi connectivity index (χ2n) is 17.7. The van der Waals surface area contributed by atoms with Gasteiger partial charge in [-0.25, -0.2) is 4.39 Å². The lowest BCUT2D eigenvalue weighted by Crippen LogP contribution is -2.70. The number of carbonyl (C=O) groups excluding carboxylic acids is 1. The van der Waals surface area contributed by atoms with Gasteiger partial charge in [-0.2, -0.15) is 0 Å². The predicted octanol–water partition coefficient (Wildman–Crippen LogP) is 10.5. The molecule has 8 rings (SSSR count). The number of hydrogen-bond donors (Lipinski definition) is 2. The summed E-state index contributed by atoms with van der Waals surface area (Å²) in [6, 6.07) is 27.7. The highest BCUT2D eigenvalue weighted by Gasteiger charge is 2.66. The Hall–Kier alpha value is -5.29. The molecule has 4 aromatic rings. The van der Waals surface area contributed by atoms with Crippen LogP contribution in [0.25, 0.3) is 0 Å². The standard InChI is InChI=1S/C53H61FN2O7/c1-4-28-60-53-49(56(52(59)39-19-20-39)33-37-17-21-41(54)22-18-37)32-47(55-61-34-38-12-6-5-7-13-38)45-30-40(14-8-10-26-57)44(15-9-11-27-58)50(51(45)53)46-31-43(24-25-48(46)63-53)62-42-23-16-35(2)36(3)29-42/h4-7,12-13,16-18,21-25,29-31,39-40,44,49-51,57-58H,1,8-11,14-15,19-20,26-28,32-34H2,2-3H3/t40-,44+,49-,50+,51+,53+/m0/s1. The average molecular weight is 857 g/mol. The number of amides is 1. The van der Waals surface area contributed by atoms with Crippen LogP contribution in [-0.2, 0) is 27.5 Å². The quantitative estimate of drug-likeness (QED) is 0.0517. The molecule has 10 heteroatoms. The lowest BCUT2D eigenvalue weighted by atomic mass is 9.55. The minimum absolute atomic E-state index is 0.00292. The largest absolute Gasteiger partial charge is 0.459 e. The molecule has 0 bridgehead atoms. The topological polar surface area (TPSA) is 110 Å². The van der Waals surface area contributed by atoms with Crippen molar-refractivity contribution >= 4 is 11.6 Å². The predicted molar refractivity (Wildman–Crippen MR) is 242 cm³/mol. The van der Waals surface area contributed by atoms with Gasteiger partial charge in [0.25, 0.3) is 0 Å². The molecule has 1 heterocycles. The van der Waals surface area contributed by atoms with E-state index < -0.39 is 17.7 Å². The Kier molecular flexibility index (Phi) is 14.1. The molecule has 0 spiro atoms. The number of nitrogens with zero attached hydrogens (tertiary/aromatic N) is 2. The smallest absolute Gasteiger partial charge is 0.239 e. The molecule has 9 nitrogen and oxygen atoms in total. The number of aliphatic hydroxyl groups is 2. The van der Waals surface area contributed by atoms with Crippen LogP contribution >= 0.6 is 0 Å². The number of carbonyl (C=O) groups is 1. The second kappa shape index (κ2) is 20.0. The number of rotatable bonds is 20. The molecule has 2 N–H and O–H groups in total. The minimum atomic E-state index is -1.40. The fourth-order valence-corrected chi connectivity index (χ4v) is 10.1. The van der Waals surface area contributed by atoms with Crippen molar-refractivity contribution in [3.63, 3.8) is 0 Å². The van der Waals surface area contributed by atoms with Crippen LogP contribution in [0, 0.1) is 43.3 Å². The third-order valence-electron chi connectivity index (χ3n) is 13.5. The van der Waals surface area contributed by atoms with Gasteiger partial charge in [0.2, 0.25) is 11.7 Å². The van der Waals surface area contributed by atoms with Crippen molar-refractivity contribution in [3.8, 4) is 17.2 Å². The average Bonchev–Trinajstić information content (AvgIpc) is 4.15. The number of halogens is 1. The van der Waals surface area contributed by atoms with Gasteiger partial charge in [0, 0.05) is 43.6 Å². The highest BCUT2D eigenvalue weighted by Crippen LogP contribution is 2.62. The van der Waals surface area contributed by atoms with E-state index in [0.717, 1.165) is 77.8 Å². The van der Waals surface area contributed by atoms with Gasteiger partial charge in [-0.05, 0) is 134 Å². The molecule has 1 amide bonds. The molecule has 3 aliphatic carbocycles. The van der Waals surface area contributed by atoms with E-state index in [-0.39, 0.29) is 74.8 Å². The zero-order chi connectivity index (χ0) is 43.9. The first-order valence-electron chi connectivity index (χ1n) is 22.8. The summed E-state index contributed by atoms with van der Waals surface area (Å²) in [5.74, 6) is -0.338. The number of ether oxygens (including phenoxy) is 3. The molecular weight excluding hydrogens is 796 g/mol. The first-order chi connectivity index (χ1) is 30.7. The summed E-state index contributed by atoms with van der Waals surface area (Å²) in [6.45, 7) is 9.06. The van der Waals surface area contributed by atoms with Crippen LogP contribution in [0.5, 0.6) is 17.2 Å². The third kappa shape index (κ3) is 9.78. The van der Waals surface area contributed by atoms with Crippen LogP contribution in [-0.4, -0.2) is 58.4 Å². The Morgan fingerprint density at radius 2 is 1.63 bits per heavy atom. The maximum absolute atomic E-state index is 14.8. The van der Waals surface area contributed by atoms with Gasteiger partial charge in [-0.1, -0.05) is 78.7 Å². The van der Waals surface area contributed by atoms with E-state index in [1.165, 1.54) is 17.7 Å². The summed E-state index contributed by atoms with van der Waals surface area (Å²) >= 11 is 0. The molecule has 0 unspecified atom stereocenters. The fraction of sp³-hybridized carbons (Fsp3) is 0.434. The number of fused-ring (bicyclic) bond motifs is 2. The van der Waals surface area contributed by atoms with Crippen molar-refractivity contribution in [1.29, 1.82) is 0 Å². The van der Waals surface area contributed by atoms with Gasteiger partial charge >= 0.3 is 0 Å². The molecule has 2 fully saturated rings. The lowest BCUT2D eigenvalue weighted by Gasteiger charge is -2.60. The highest BCUT2D eigenvalue weighted by molar-refractivity contribution is 6.03. The number of unbranched alkanes of at least 4 members (excludes halogenated alkanes) is 2. The zero-order valence-electron chi connectivity index (χ0n) is 36.6. The Morgan fingerprint density at radius 1 is 0.905 bits per heavy atom. The zero-order valence-corrected chi connectivity index (χ0v) is 36.6. The number of aryl methyl sites for hydroxylation is 2. The second-order valence-corrected chi connectivity index (χ2v) is 17.7. The number of benzene rings is 4. The molecule has 4 aromatic carbocycles. The van der Waals surface area contributed by atoms with Gasteiger partial charge in [0.05, 0.1) is 18.2 Å². The molecule has 4 aliphatic rings. The van der Waals surface area contributed by atoms with Crippen LogP contribution < -0.4 is 9.47 Å². The van der Waals surface area contributed by atoms with Gasteiger partial charge in [0.1, 0.15) is 35.7 Å². The SMILES string of the molecule is C=CCO[C@@]12Oc3ccc(Oc4ccc(C)c(C)c4)cc3[C@H]3[C@H](CCCCO)[C@@H](CCCCO)C=C(C(=NOCc4ccccc4)C[C@@H]1N(Cc1ccc(F)cc1)C(=O)C1CC1)[C@H]32. The van der Waals surface area contributed by atoms with E-state index in [9.17, 15) is 19.4 Å². The van der Waals surface area contributed by atoms with Crippen LogP contribution in [0.4, 0.5) is 4.39 Å². The normalized spacial score (nSPS) is 24.1. The molecule has 6 atom stereocenters. The first kappa shape index (κ1) is 44.3. The molecule has 0 aromatic heterocycles. The maximum atomic E-state index is 14.8. The Bertz CT molecular complexity index is 2270. The van der Waals surface area contributed by atoms with Crippen molar-refractivity contribution in [3.05, 3.63) is 149 Å². The Morgan fingerprint density at radius 3 is 2.35 bits per heavy atom. The van der Waals surface area contributed by atoms with Crippen molar-refractivity contribution in [2.45, 2.75) is 103 Å². The summed E-state index contributed by atoms with van der Waals surface area (Å²) in [4.78, 5) is 23.0. The fourth-order valence-electron chi connectivity index (χ4n) is 10.1. The van der Waals surface area contributed by atoms with E-state index in [1.807, 2.05) is 59.5 Å². The lowest BCUT2D eigenvalue weighted by molar-refractivity contribution is -0.258. The maximum Gasteiger partial charge on any atom is 0.239 e. The number of allylic oxidation sites excluding steroid dienone is 1. The van der Waals surface area contributed by atoms with Crippen LogP contribution in [0.15, 0.2) is 120 Å². The van der Waals surface area contributed by atoms with E-state index >= 15 is 0 Å². The summed E-state index contributed by atoms with van der Waals surface area (Å²) in [7, 11) is 0. The Labute approximate surface area is 371 Å². The van der Waals surface area contributed by atoms with Crippen LogP contribution in [0.2, 0.25) is 0 Å². The number of oxime groups is 1. The van der Waals surface area contributed by atoms with Crippen LogP contribution in [0.3, 0.4) is 0 Å². The monoisotopic (exact) mass is 856 g/mol. The van der Waals surface area contributed by atoms with Crippen molar-refractivity contribution in [2.75, 3.05) is 19.8 Å². The van der Waals surface area contributed by atoms with Gasteiger partial charge < -0.3 is 34.2 Å². The molecule has 332 valence electrons. The Balaban J connectivity index is 1.33. The van der Waals surface area contributed by atoms with Crippen molar-refractivity contribution in [2.24, 2.45) is 28.8 Å². The highest BCUT2D eigenvalue weighted by atomic mass is 19.1. The van der Waals surface area contributed by atoms with E-state index in [4.69, 9.17) is 24.2 Å². The van der Waals surface area contributed by atoms with E-state index in [2.05, 4.69) is 38.6 Å². The van der Waals surface area contributed by atoms with E-state index in [1.54, 1.807) is 18.2 Å². The molecule has 63 heavy (non-hydrogen) atoms. The summed E-state index contributed by atoms with van der Waals surface area (Å²) in [5.41, 5.74) is 6.76. The summed E-state index contributed by atoms with van der Waals surface area (Å²) < 4.78 is 35.5. The molecule has 2 saturated carbocycles. The van der Waals surface area contributed by atoms with E-state index in [0.29, 0.717) is 24.3 Å². The van der Waals surface area contributed by atoms with Crippen molar-refractivity contribution < 1.29 is 38.4 Å².